The largest absolute Gasteiger partial charge is 0.369 e. The van der Waals surface area contributed by atoms with E-state index in [-0.39, 0.29) is 11.3 Å². The van der Waals surface area contributed by atoms with Crippen molar-refractivity contribution in [3.8, 4) is 0 Å². The molecule has 4 atom stereocenters. The molecule has 18 heavy (non-hydrogen) atoms. The summed E-state index contributed by atoms with van der Waals surface area (Å²) in [6.45, 7) is 6.56. The van der Waals surface area contributed by atoms with E-state index in [1.54, 1.807) is 0 Å². The van der Waals surface area contributed by atoms with E-state index in [0.717, 1.165) is 31.6 Å². The predicted octanol–water partition coefficient (Wildman–Crippen LogP) is 2.69. The average molecular weight is 254 g/mol. The maximum atomic E-state index is 11.8. The quantitative estimate of drug-likeness (QED) is 0.810. The molecule has 106 valence electrons. The zero-order valence-corrected chi connectivity index (χ0v) is 12.5. The fourth-order valence-electron chi connectivity index (χ4n) is 3.49. The van der Waals surface area contributed by atoms with Crippen LogP contribution in [-0.4, -0.2) is 19.0 Å². The van der Waals surface area contributed by atoms with E-state index in [9.17, 15) is 4.79 Å². The standard InChI is InChI=1S/C15H30N2O/c1-5-11-9-12(6-2)13(17-4)7-8-15(3,10-11)14(16)18/h11-13,17H,5-10H2,1-4H3,(H2,16,18). The van der Waals surface area contributed by atoms with E-state index in [1.165, 1.54) is 12.8 Å². The van der Waals surface area contributed by atoms with E-state index in [2.05, 4.69) is 26.1 Å². The van der Waals surface area contributed by atoms with Crippen molar-refractivity contribution < 1.29 is 4.79 Å². The zero-order valence-electron chi connectivity index (χ0n) is 12.5. The molecule has 3 heteroatoms. The molecule has 0 aromatic carbocycles. The summed E-state index contributed by atoms with van der Waals surface area (Å²) in [7, 11) is 2.04. The van der Waals surface area contributed by atoms with Crippen LogP contribution in [-0.2, 0) is 4.79 Å². The zero-order chi connectivity index (χ0) is 13.8. The van der Waals surface area contributed by atoms with Crippen molar-refractivity contribution in [2.24, 2.45) is 23.0 Å². The van der Waals surface area contributed by atoms with E-state index < -0.39 is 0 Å². The molecule has 0 aromatic rings. The van der Waals surface area contributed by atoms with Gasteiger partial charge in [-0.2, -0.15) is 0 Å². The van der Waals surface area contributed by atoms with Crippen molar-refractivity contribution >= 4 is 5.91 Å². The fourth-order valence-corrected chi connectivity index (χ4v) is 3.49. The second-order valence-electron chi connectivity index (χ2n) is 6.24. The molecule has 4 unspecified atom stereocenters. The molecule has 1 rings (SSSR count). The number of carbonyl (C=O) groups is 1. The first-order valence-electron chi connectivity index (χ1n) is 7.44. The maximum absolute atomic E-state index is 11.8. The number of hydrogen-bond donors (Lipinski definition) is 2. The minimum absolute atomic E-state index is 0.120. The molecular weight excluding hydrogens is 224 g/mol. The minimum Gasteiger partial charge on any atom is -0.369 e. The highest BCUT2D eigenvalue weighted by atomic mass is 16.1. The van der Waals surface area contributed by atoms with Crippen molar-refractivity contribution in [2.75, 3.05) is 7.05 Å². The number of nitrogens with one attached hydrogen (secondary N) is 1. The monoisotopic (exact) mass is 254 g/mol. The summed E-state index contributed by atoms with van der Waals surface area (Å²) in [5.74, 6) is 1.24. The Morgan fingerprint density at radius 3 is 2.50 bits per heavy atom. The van der Waals surface area contributed by atoms with Crippen LogP contribution < -0.4 is 11.1 Å². The van der Waals surface area contributed by atoms with Gasteiger partial charge in [-0.15, -0.1) is 0 Å². The van der Waals surface area contributed by atoms with Gasteiger partial charge in [0.05, 0.1) is 0 Å². The van der Waals surface area contributed by atoms with Crippen molar-refractivity contribution in [3.05, 3.63) is 0 Å². The van der Waals surface area contributed by atoms with Crippen LogP contribution >= 0.6 is 0 Å². The molecule has 0 heterocycles. The molecule has 3 nitrogen and oxygen atoms in total. The van der Waals surface area contributed by atoms with Gasteiger partial charge < -0.3 is 11.1 Å². The van der Waals surface area contributed by atoms with Crippen LogP contribution in [0.4, 0.5) is 0 Å². The van der Waals surface area contributed by atoms with Gasteiger partial charge in [0.1, 0.15) is 0 Å². The molecular formula is C15H30N2O. The molecule has 1 fully saturated rings. The van der Waals surface area contributed by atoms with Crippen LogP contribution in [0.3, 0.4) is 0 Å². The lowest BCUT2D eigenvalue weighted by molar-refractivity contribution is -0.128. The van der Waals surface area contributed by atoms with Crippen molar-refractivity contribution in [1.29, 1.82) is 0 Å². The Bertz CT molecular complexity index is 280. The summed E-state index contributed by atoms with van der Waals surface area (Å²) in [5, 5.41) is 3.44. The number of rotatable bonds is 4. The lowest BCUT2D eigenvalue weighted by Crippen LogP contribution is -2.43. The Hall–Kier alpha value is -0.570. The summed E-state index contributed by atoms with van der Waals surface area (Å²) in [4.78, 5) is 11.8. The van der Waals surface area contributed by atoms with Crippen LogP contribution in [0.25, 0.3) is 0 Å². The van der Waals surface area contributed by atoms with Crippen molar-refractivity contribution in [2.45, 2.75) is 65.3 Å². The van der Waals surface area contributed by atoms with Crippen molar-refractivity contribution in [1.82, 2.24) is 5.32 Å². The van der Waals surface area contributed by atoms with Crippen LogP contribution in [0.1, 0.15) is 59.3 Å². The number of primary amides is 1. The van der Waals surface area contributed by atoms with Crippen LogP contribution in [0, 0.1) is 17.3 Å². The fraction of sp³-hybridized carbons (Fsp3) is 0.933. The molecule has 0 saturated heterocycles. The third kappa shape index (κ3) is 3.47. The third-order valence-corrected chi connectivity index (χ3v) is 5.02. The van der Waals surface area contributed by atoms with E-state index in [4.69, 9.17) is 5.73 Å². The Labute approximate surface area is 112 Å². The third-order valence-electron chi connectivity index (χ3n) is 5.02. The number of nitrogens with two attached hydrogens (primary N) is 1. The molecule has 1 saturated carbocycles. The second kappa shape index (κ2) is 6.55. The summed E-state index contributed by atoms with van der Waals surface area (Å²) < 4.78 is 0. The second-order valence-corrected chi connectivity index (χ2v) is 6.24. The van der Waals surface area contributed by atoms with Gasteiger partial charge in [0.15, 0.2) is 0 Å². The molecule has 1 aliphatic carbocycles. The summed E-state index contributed by atoms with van der Waals surface area (Å²) >= 11 is 0. The Kier molecular flexibility index (Phi) is 5.64. The lowest BCUT2D eigenvalue weighted by Gasteiger charge is -2.39. The molecule has 1 amide bonds. The molecule has 0 radical (unpaired) electrons. The number of carbonyl (C=O) groups excluding carboxylic acids is 1. The van der Waals surface area contributed by atoms with Crippen LogP contribution in [0.2, 0.25) is 0 Å². The van der Waals surface area contributed by atoms with Gasteiger partial charge in [0.2, 0.25) is 5.91 Å². The van der Waals surface area contributed by atoms with Gasteiger partial charge in [0, 0.05) is 11.5 Å². The van der Waals surface area contributed by atoms with Gasteiger partial charge in [-0.1, -0.05) is 33.6 Å². The lowest BCUT2D eigenvalue weighted by atomic mass is 9.68. The Balaban J connectivity index is 2.87. The average Bonchev–Trinajstić information content (AvgIpc) is 2.33. The van der Waals surface area contributed by atoms with Crippen LogP contribution in [0.15, 0.2) is 0 Å². The number of amides is 1. The van der Waals surface area contributed by atoms with E-state index in [0.29, 0.717) is 12.0 Å². The number of hydrogen-bond acceptors (Lipinski definition) is 2. The molecule has 0 aromatic heterocycles. The first kappa shape index (κ1) is 15.5. The first-order chi connectivity index (χ1) is 8.46. The van der Waals surface area contributed by atoms with Gasteiger partial charge in [-0.05, 0) is 44.6 Å². The predicted molar refractivity (Wildman–Crippen MR) is 76.2 cm³/mol. The van der Waals surface area contributed by atoms with E-state index in [1.807, 2.05) is 7.05 Å². The maximum Gasteiger partial charge on any atom is 0.223 e. The summed E-state index contributed by atoms with van der Waals surface area (Å²) in [6.07, 6.45) is 6.53. The Morgan fingerprint density at radius 2 is 2.06 bits per heavy atom. The first-order valence-corrected chi connectivity index (χ1v) is 7.44. The smallest absolute Gasteiger partial charge is 0.223 e. The topological polar surface area (TPSA) is 55.1 Å². The van der Waals surface area contributed by atoms with Gasteiger partial charge >= 0.3 is 0 Å². The van der Waals surface area contributed by atoms with Crippen molar-refractivity contribution in [3.63, 3.8) is 0 Å². The van der Waals surface area contributed by atoms with Crippen LogP contribution in [0.5, 0.6) is 0 Å². The molecule has 0 spiro atoms. The summed E-state index contributed by atoms with van der Waals surface area (Å²) in [6, 6.07) is 0.531. The highest BCUT2D eigenvalue weighted by molar-refractivity contribution is 5.80. The Morgan fingerprint density at radius 1 is 1.39 bits per heavy atom. The minimum atomic E-state index is -0.311. The molecule has 3 N–H and O–H groups in total. The van der Waals surface area contributed by atoms with Gasteiger partial charge in [0.25, 0.3) is 0 Å². The highest BCUT2D eigenvalue weighted by Gasteiger charge is 2.37. The van der Waals surface area contributed by atoms with Gasteiger partial charge in [-0.25, -0.2) is 0 Å². The SMILES string of the molecule is CCC1CC(CC)C(NC)CCC(C)(C(N)=O)C1. The molecule has 0 bridgehead atoms. The van der Waals surface area contributed by atoms with Gasteiger partial charge in [-0.3, -0.25) is 4.79 Å². The molecule has 1 aliphatic rings. The molecule has 0 aliphatic heterocycles. The normalized spacial score (nSPS) is 37.9. The summed E-state index contributed by atoms with van der Waals surface area (Å²) in [5.41, 5.74) is 5.32. The van der Waals surface area contributed by atoms with E-state index >= 15 is 0 Å². The highest BCUT2D eigenvalue weighted by Crippen LogP contribution is 2.40.